The van der Waals surface area contributed by atoms with Crippen molar-refractivity contribution in [3.63, 3.8) is 0 Å². The smallest absolute Gasteiger partial charge is 0.326 e. The Bertz CT molecular complexity index is 1160. The Labute approximate surface area is 209 Å². The third-order valence-electron chi connectivity index (χ3n) is 7.32. The fraction of sp³-hybridized carbons (Fsp3) is 0.407. The van der Waals surface area contributed by atoms with Crippen LogP contribution < -0.4 is 5.32 Å². The summed E-state index contributed by atoms with van der Waals surface area (Å²) in [7, 11) is 1.25. The Morgan fingerprint density at radius 3 is 2.31 bits per heavy atom. The average molecular weight is 496 g/mol. The quantitative estimate of drug-likeness (QED) is 0.446. The van der Waals surface area contributed by atoms with Crippen molar-refractivity contribution >= 4 is 23.7 Å². The Morgan fingerprint density at radius 1 is 1.06 bits per heavy atom. The lowest BCUT2D eigenvalue weighted by atomic mass is 9.78. The zero-order valence-corrected chi connectivity index (χ0v) is 20.6. The van der Waals surface area contributed by atoms with Crippen molar-refractivity contribution in [2.45, 2.75) is 38.4 Å². The maximum atomic E-state index is 13.6. The number of ether oxygens (including phenoxy) is 1. The molecule has 2 aromatic rings. The molecule has 8 nitrogen and oxygen atoms in total. The van der Waals surface area contributed by atoms with Gasteiger partial charge in [0.1, 0.15) is 11.4 Å². The molecule has 2 aliphatic heterocycles. The monoisotopic (exact) mass is 495 g/mol. The first-order valence-corrected chi connectivity index (χ1v) is 12.1. The van der Waals surface area contributed by atoms with E-state index in [1.807, 2.05) is 30.3 Å². The Hall–Kier alpha value is -3.59. The molecule has 2 aliphatic rings. The molecular weight excluding hydrogens is 465 g/mol. The highest BCUT2D eigenvalue weighted by Gasteiger charge is 2.67. The first kappa shape index (κ1) is 25.5. The number of hydrogen-bond acceptors (Lipinski definition) is 6. The molecule has 0 aromatic heterocycles. The van der Waals surface area contributed by atoms with Gasteiger partial charge in [-0.1, -0.05) is 37.3 Å². The van der Waals surface area contributed by atoms with Crippen molar-refractivity contribution in [1.29, 1.82) is 0 Å². The number of methoxy groups -OCH3 is 1. The van der Waals surface area contributed by atoms with Crippen LogP contribution in [0.3, 0.4) is 0 Å². The van der Waals surface area contributed by atoms with Crippen LogP contribution in [-0.2, 0) is 25.7 Å². The summed E-state index contributed by atoms with van der Waals surface area (Å²) in [5, 5.41) is 3.24. The van der Waals surface area contributed by atoms with Gasteiger partial charge in [0.05, 0.1) is 25.5 Å². The second-order valence-corrected chi connectivity index (χ2v) is 9.17. The number of nitrogens with one attached hydrogen (secondary N) is 1. The molecule has 1 N–H and O–H groups in total. The highest BCUT2D eigenvalue weighted by Crippen LogP contribution is 2.45. The van der Waals surface area contributed by atoms with Gasteiger partial charge in [-0.2, -0.15) is 0 Å². The summed E-state index contributed by atoms with van der Waals surface area (Å²) in [4.78, 5) is 56.2. The van der Waals surface area contributed by atoms with Gasteiger partial charge in [0.2, 0.25) is 11.8 Å². The van der Waals surface area contributed by atoms with Crippen molar-refractivity contribution in [3.05, 3.63) is 71.5 Å². The highest BCUT2D eigenvalue weighted by molar-refractivity contribution is 6.09. The van der Waals surface area contributed by atoms with E-state index >= 15 is 0 Å². The molecule has 2 fully saturated rings. The van der Waals surface area contributed by atoms with Crippen LogP contribution in [0.2, 0.25) is 0 Å². The molecule has 2 aromatic carbocycles. The number of fused-ring (bicyclic) bond motifs is 1. The maximum absolute atomic E-state index is 13.6. The molecule has 2 heterocycles. The second kappa shape index (κ2) is 10.2. The molecule has 36 heavy (non-hydrogen) atoms. The van der Waals surface area contributed by atoms with E-state index in [9.17, 15) is 23.6 Å². The molecule has 9 heteroatoms. The minimum atomic E-state index is -1.39. The van der Waals surface area contributed by atoms with E-state index in [0.717, 1.165) is 5.56 Å². The Balaban J connectivity index is 1.67. The second-order valence-electron chi connectivity index (χ2n) is 9.17. The number of amides is 3. The number of halogens is 1. The number of benzene rings is 2. The van der Waals surface area contributed by atoms with Crippen LogP contribution in [-0.4, -0.2) is 65.3 Å². The fourth-order valence-corrected chi connectivity index (χ4v) is 5.47. The number of likely N-dealkylation sites (tertiary alicyclic amines) is 1. The van der Waals surface area contributed by atoms with Gasteiger partial charge >= 0.3 is 5.97 Å². The van der Waals surface area contributed by atoms with Crippen molar-refractivity contribution in [3.8, 4) is 0 Å². The Kier molecular flexibility index (Phi) is 7.21. The molecule has 0 unspecified atom stereocenters. The van der Waals surface area contributed by atoms with Crippen molar-refractivity contribution in [1.82, 2.24) is 15.1 Å². The first-order valence-electron chi connectivity index (χ1n) is 12.1. The molecule has 0 bridgehead atoms. The summed E-state index contributed by atoms with van der Waals surface area (Å²) in [5.41, 5.74) is -0.284. The van der Waals surface area contributed by atoms with E-state index in [4.69, 9.17) is 4.74 Å². The van der Waals surface area contributed by atoms with Gasteiger partial charge in [-0.05, 0) is 43.2 Å². The molecule has 4 atom stereocenters. The molecule has 0 radical (unpaired) electrons. The summed E-state index contributed by atoms with van der Waals surface area (Å²) in [6.45, 7) is 4.07. The zero-order valence-electron chi connectivity index (χ0n) is 20.6. The molecule has 0 saturated carbocycles. The van der Waals surface area contributed by atoms with Crippen LogP contribution in [0, 0.1) is 17.7 Å². The molecule has 0 spiro atoms. The predicted octanol–water partition coefficient (Wildman–Crippen LogP) is 2.38. The zero-order chi connectivity index (χ0) is 26.0. The van der Waals surface area contributed by atoms with E-state index in [0.29, 0.717) is 12.1 Å². The van der Waals surface area contributed by atoms with Crippen LogP contribution >= 0.6 is 0 Å². The standard InChI is InChI=1S/C27H30FN3O5/c1-4-27(26(35)36-3)22-21(24(33)31(25(22)34)15-17-9-7-6-8-10-17)20(29-27)16-30(5-2)23(32)18-11-13-19(28)14-12-18/h6-14,20-22,29H,4-5,15-16H2,1-3H3/t20-,21+,22-,27-/m1/s1. The number of carbonyl (C=O) groups excluding carboxylic acids is 4. The van der Waals surface area contributed by atoms with Gasteiger partial charge in [0.15, 0.2) is 0 Å². The van der Waals surface area contributed by atoms with Crippen LogP contribution in [0.4, 0.5) is 4.39 Å². The SMILES string of the molecule is CCN(C[C@H]1N[C@@](CC)(C(=O)OC)[C@H]2C(=O)N(Cc3ccccc3)C(=O)[C@@H]12)C(=O)c1ccc(F)cc1. The number of hydrogen-bond donors (Lipinski definition) is 1. The first-order chi connectivity index (χ1) is 17.3. The molecule has 190 valence electrons. The van der Waals surface area contributed by atoms with Crippen LogP contribution in [0.15, 0.2) is 54.6 Å². The molecular formula is C27H30FN3O5. The van der Waals surface area contributed by atoms with Gasteiger partial charge in [-0.3, -0.25) is 29.4 Å². The number of nitrogens with zero attached hydrogens (tertiary/aromatic N) is 2. The van der Waals surface area contributed by atoms with Gasteiger partial charge in [-0.25, -0.2) is 4.39 Å². The lowest BCUT2D eigenvalue weighted by Gasteiger charge is -2.32. The third kappa shape index (κ3) is 4.28. The lowest BCUT2D eigenvalue weighted by Crippen LogP contribution is -2.58. The summed E-state index contributed by atoms with van der Waals surface area (Å²) in [5.74, 6) is -3.99. The van der Waals surface area contributed by atoms with Gasteiger partial charge in [-0.15, -0.1) is 0 Å². The molecule has 4 rings (SSSR count). The molecule has 2 saturated heterocycles. The minimum Gasteiger partial charge on any atom is -0.468 e. The number of likely N-dealkylation sites (N-methyl/N-ethyl adjacent to an activating group) is 1. The number of rotatable bonds is 8. The van der Waals surface area contributed by atoms with Crippen molar-refractivity contribution in [2.75, 3.05) is 20.2 Å². The topological polar surface area (TPSA) is 96.0 Å². The predicted molar refractivity (Wildman–Crippen MR) is 129 cm³/mol. The largest absolute Gasteiger partial charge is 0.468 e. The van der Waals surface area contributed by atoms with E-state index in [1.54, 1.807) is 13.8 Å². The van der Waals surface area contributed by atoms with E-state index < -0.39 is 41.1 Å². The normalized spacial score (nSPS) is 25.1. The molecule has 3 amide bonds. The number of esters is 1. The fourth-order valence-electron chi connectivity index (χ4n) is 5.47. The average Bonchev–Trinajstić information content (AvgIpc) is 3.36. The number of carbonyl (C=O) groups is 4. The summed E-state index contributed by atoms with van der Waals surface area (Å²) in [6.07, 6.45) is 0.230. The third-order valence-corrected chi connectivity index (χ3v) is 7.32. The van der Waals surface area contributed by atoms with E-state index in [1.165, 1.54) is 41.2 Å². The van der Waals surface area contributed by atoms with Gasteiger partial charge < -0.3 is 9.64 Å². The van der Waals surface area contributed by atoms with E-state index in [-0.39, 0.29) is 31.3 Å². The Morgan fingerprint density at radius 2 is 1.72 bits per heavy atom. The lowest BCUT2D eigenvalue weighted by molar-refractivity contribution is -0.154. The molecule has 0 aliphatic carbocycles. The van der Waals surface area contributed by atoms with Crippen molar-refractivity contribution in [2.24, 2.45) is 11.8 Å². The van der Waals surface area contributed by atoms with Crippen LogP contribution in [0.5, 0.6) is 0 Å². The maximum Gasteiger partial charge on any atom is 0.326 e. The van der Waals surface area contributed by atoms with Crippen LogP contribution in [0.1, 0.15) is 36.2 Å². The number of imide groups is 1. The summed E-state index contributed by atoms with van der Waals surface area (Å²) >= 11 is 0. The van der Waals surface area contributed by atoms with E-state index in [2.05, 4.69) is 5.32 Å². The summed E-state index contributed by atoms with van der Waals surface area (Å²) in [6, 6.07) is 13.8. The van der Waals surface area contributed by atoms with Crippen molar-refractivity contribution < 1.29 is 28.3 Å². The minimum absolute atomic E-state index is 0.0881. The summed E-state index contributed by atoms with van der Waals surface area (Å²) < 4.78 is 18.4. The van der Waals surface area contributed by atoms with Gasteiger partial charge in [0, 0.05) is 24.7 Å². The van der Waals surface area contributed by atoms with Crippen LogP contribution in [0.25, 0.3) is 0 Å². The highest BCUT2D eigenvalue weighted by atomic mass is 19.1. The van der Waals surface area contributed by atoms with Gasteiger partial charge in [0.25, 0.3) is 5.91 Å².